The van der Waals surface area contributed by atoms with E-state index in [2.05, 4.69) is 20.1 Å². The van der Waals surface area contributed by atoms with E-state index in [0.717, 1.165) is 25.7 Å². The van der Waals surface area contributed by atoms with Crippen LogP contribution in [0, 0.1) is 11.8 Å². The van der Waals surface area contributed by atoms with Crippen LogP contribution in [0.1, 0.15) is 46.0 Å². The fourth-order valence-electron chi connectivity index (χ4n) is 5.78. The highest BCUT2D eigenvalue weighted by molar-refractivity contribution is 8.02. The fourth-order valence-corrected chi connectivity index (χ4v) is 7.98. The van der Waals surface area contributed by atoms with Crippen LogP contribution >= 0.6 is 11.8 Å². The molecule has 0 aliphatic carbocycles. The number of ether oxygens (including phenoxy) is 1. The van der Waals surface area contributed by atoms with Crippen LogP contribution in [-0.2, 0) is 19.1 Å². The van der Waals surface area contributed by atoms with Crippen molar-refractivity contribution in [3.8, 4) is 0 Å². The monoisotopic (exact) mass is 464 g/mol. The summed E-state index contributed by atoms with van der Waals surface area (Å²) in [5.41, 5.74) is 0. The zero-order chi connectivity index (χ0) is 23.5. The summed E-state index contributed by atoms with van der Waals surface area (Å²) >= 11 is 1.63. The minimum Gasteiger partial charge on any atom is -0.461 e. The number of carbonyl (C=O) groups excluding carboxylic acids is 3. The lowest BCUT2D eigenvalue weighted by atomic mass is 9.71. The van der Waals surface area contributed by atoms with E-state index in [-0.39, 0.29) is 42.3 Å². The number of hydrogen-bond donors (Lipinski definition) is 1. The minimum atomic E-state index is -0.641. The van der Waals surface area contributed by atoms with Gasteiger partial charge in [0.2, 0.25) is 11.8 Å². The molecular formula is C24H36N2O5S. The molecule has 0 aromatic carbocycles. The quantitative estimate of drug-likeness (QED) is 0.353. The van der Waals surface area contributed by atoms with E-state index in [1.165, 1.54) is 6.08 Å². The second-order valence-electron chi connectivity index (χ2n) is 9.00. The third-order valence-electron chi connectivity index (χ3n) is 7.05. The minimum absolute atomic E-state index is 0.0162. The van der Waals surface area contributed by atoms with Gasteiger partial charge in [-0.15, -0.1) is 18.3 Å². The molecule has 178 valence electrons. The molecule has 0 aromatic heterocycles. The van der Waals surface area contributed by atoms with E-state index in [1.54, 1.807) is 22.7 Å². The number of thioether (sulfide) groups is 1. The highest BCUT2D eigenvalue weighted by atomic mass is 32.2. The van der Waals surface area contributed by atoms with Crippen molar-refractivity contribution in [2.24, 2.45) is 11.8 Å². The lowest BCUT2D eigenvalue weighted by Crippen LogP contribution is -2.56. The van der Waals surface area contributed by atoms with E-state index < -0.39 is 22.6 Å². The van der Waals surface area contributed by atoms with Crippen LogP contribution < -0.4 is 0 Å². The highest BCUT2D eigenvalue weighted by Gasteiger charge is 2.74. The van der Waals surface area contributed by atoms with E-state index in [1.807, 2.05) is 11.8 Å². The Balaban J connectivity index is 1.99. The molecule has 3 rings (SSSR count). The van der Waals surface area contributed by atoms with Crippen molar-refractivity contribution in [1.82, 2.24) is 9.80 Å². The molecule has 0 saturated carbocycles. The van der Waals surface area contributed by atoms with Gasteiger partial charge in [-0.05, 0) is 32.6 Å². The summed E-state index contributed by atoms with van der Waals surface area (Å²) in [6.07, 6.45) is 6.95. The Kier molecular flexibility index (Phi) is 8.09. The average Bonchev–Trinajstić information content (AvgIpc) is 3.41. The number of carbonyl (C=O) groups is 3. The third-order valence-corrected chi connectivity index (χ3v) is 9.01. The summed E-state index contributed by atoms with van der Waals surface area (Å²) in [5, 5.41) is 9.41. The lowest BCUT2D eigenvalue weighted by Gasteiger charge is -2.39. The first-order valence-electron chi connectivity index (χ1n) is 11.7. The van der Waals surface area contributed by atoms with Gasteiger partial charge in [-0.25, -0.2) is 0 Å². The van der Waals surface area contributed by atoms with Gasteiger partial charge in [-0.2, -0.15) is 0 Å². The highest BCUT2D eigenvalue weighted by Crippen LogP contribution is 2.66. The Morgan fingerprint density at radius 1 is 1.41 bits per heavy atom. The number of esters is 1. The van der Waals surface area contributed by atoms with Gasteiger partial charge in [0, 0.05) is 31.0 Å². The van der Waals surface area contributed by atoms with Gasteiger partial charge in [-0.1, -0.05) is 32.1 Å². The van der Waals surface area contributed by atoms with Crippen molar-refractivity contribution in [3.63, 3.8) is 0 Å². The molecule has 6 atom stereocenters. The first kappa shape index (κ1) is 24.8. The van der Waals surface area contributed by atoms with Crippen LogP contribution in [0.15, 0.2) is 25.3 Å². The molecule has 3 saturated heterocycles. The van der Waals surface area contributed by atoms with E-state index in [0.29, 0.717) is 19.5 Å². The third kappa shape index (κ3) is 4.12. The molecule has 32 heavy (non-hydrogen) atoms. The number of rotatable bonds is 12. The molecular weight excluding hydrogens is 428 g/mol. The summed E-state index contributed by atoms with van der Waals surface area (Å²) in [7, 11) is 0. The molecule has 1 N–H and O–H groups in total. The van der Waals surface area contributed by atoms with Crippen LogP contribution in [0.3, 0.4) is 0 Å². The predicted octanol–water partition coefficient (Wildman–Crippen LogP) is 2.39. The molecule has 3 fully saturated rings. The van der Waals surface area contributed by atoms with Gasteiger partial charge >= 0.3 is 5.97 Å². The van der Waals surface area contributed by atoms with E-state index in [4.69, 9.17) is 4.74 Å². The van der Waals surface area contributed by atoms with E-state index >= 15 is 0 Å². The average molecular weight is 465 g/mol. The SMILES string of the molecule is C=CCOC(=O)[C@@H]1[C@H]2C(=O)N(CCCO)C(C(=O)N(CC=C)C(C)CCC)C23CC[C@H]1S3. The predicted molar refractivity (Wildman–Crippen MR) is 125 cm³/mol. The molecule has 2 bridgehead atoms. The van der Waals surface area contributed by atoms with Crippen molar-refractivity contribution in [2.75, 3.05) is 26.3 Å². The molecule has 0 aromatic rings. The molecule has 8 heteroatoms. The number of hydrogen-bond acceptors (Lipinski definition) is 6. The van der Waals surface area contributed by atoms with Crippen LogP contribution in [0.25, 0.3) is 0 Å². The van der Waals surface area contributed by atoms with Gasteiger partial charge in [-0.3, -0.25) is 14.4 Å². The molecule has 0 radical (unpaired) electrons. The number of aliphatic hydroxyl groups is 1. The van der Waals surface area contributed by atoms with Crippen LogP contribution in [0.2, 0.25) is 0 Å². The molecule has 3 aliphatic rings. The maximum Gasteiger partial charge on any atom is 0.311 e. The van der Waals surface area contributed by atoms with Gasteiger partial charge < -0.3 is 19.6 Å². The largest absolute Gasteiger partial charge is 0.461 e. The normalized spacial score (nSPS) is 31.3. The standard InChI is InChI=1S/C24H36N2O5S/c1-5-9-16(4)25(12-6-2)22(29)20-24-11-10-17(32-24)18(23(30)31-15-7-3)19(24)21(28)26(20)13-8-14-27/h6-7,16-20,27H,2-3,5,8-15H2,1,4H3/t16?,17-,18+,19+,20?,24?/m1/s1. The Bertz CT molecular complexity index is 759. The zero-order valence-corrected chi connectivity index (χ0v) is 20.0. The topological polar surface area (TPSA) is 87.1 Å². The molecule has 3 unspecified atom stereocenters. The van der Waals surface area contributed by atoms with Crippen molar-refractivity contribution in [3.05, 3.63) is 25.3 Å². The first-order chi connectivity index (χ1) is 15.4. The van der Waals surface area contributed by atoms with Gasteiger partial charge in [0.05, 0.1) is 16.6 Å². The Morgan fingerprint density at radius 3 is 2.78 bits per heavy atom. The molecule has 7 nitrogen and oxygen atoms in total. The Labute approximate surface area is 195 Å². The van der Waals surface area contributed by atoms with Crippen molar-refractivity contribution in [2.45, 2.75) is 68.0 Å². The zero-order valence-electron chi connectivity index (χ0n) is 19.2. The number of nitrogens with zero attached hydrogens (tertiary/aromatic N) is 2. The molecule has 2 amide bonds. The first-order valence-corrected chi connectivity index (χ1v) is 12.5. The van der Waals surface area contributed by atoms with Crippen LogP contribution in [-0.4, -0.2) is 81.1 Å². The summed E-state index contributed by atoms with van der Waals surface area (Å²) in [6, 6.07) is -0.620. The van der Waals surface area contributed by atoms with Crippen molar-refractivity contribution in [1.29, 1.82) is 0 Å². The van der Waals surface area contributed by atoms with Gasteiger partial charge in [0.15, 0.2) is 0 Å². The number of aliphatic hydroxyl groups excluding tert-OH is 1. The smallest absolute Gasteiger partial charge is 0.311 e. The summed E-state index contributed by atoms with van der Waals surface area (Å²) in [4.78, 5) is 44.1. The fraction of sp³-hybridized carbons (Fsp3) is 0.708. The van der Waals surface area contributed by atoms with Crippen LogP contribution in [0.4, 0.5) is 0 Å². The maximum atomic E-state index is 14.0. The van der Waals surface area contributed by atoms with Gasteiger partial charge in [0.1, 0.15) is 12.6 Å². The number of amides is 2. The Morgan fingerprint density at radius 2 is 2.16 bits per heavy atom. The van der Waals surface area contributed by atoms with Crippen molar-refractivity contribution >= 4 is 29.5 Å². The molecule has 1 spiro atoms. The van der Waals surface area contributed by atoms with E-state index in [9.17, 15) is 19.5 Å². The Hall–Kier alpha value is -1.80. The summed E-state index contributed by atoms with van der Waals surface area (Å²) in [5.74, 6) is -1.72. The van der Waals surface area contributed by atoms with Crippen LogP contribution in [0.5, 0.6) is 0 Å². The summed E-state index contributed by atoms with van der Waals surface area (Å²) in [6.45, 7) is 12.3. The molecule has 3 aliphatic heterocycles. The lowest BCUT2D eigenvalue weighted by molar-refractivity contribution is -0.153. The number of fused-ring (bicyclic) bond motifs is 1. The van der Waals surface area contributed by atoms with Crippen molar-refractivity contribution < 1.29 is 24.2 Å². The van der Waals surface area contributed by atoms with Gasteiger partial charge in [0.25, 0.3) is 0 Å². The maximum absolute atomic E-state index is 14.0. The second-order valence-corrected chi connectivity index (χ2v) is 10.6. The number of likely N-dealkylation sites (tertiary alicyclic amines) is 1. The second kappa shape index (κ2) is 10.4. The summed E-state index contributed by atoms with van der Waals surface area (Å²) < 4.78 is 4.73. The molecule has 3 heterocycles.